The molecule has 6 nitrogen and oxygen atoms in total. The van der Waals surface area contributed by atoms with Crippen molar-refractivity contribution in [3.05, 3.63) is 41.7 Å². The van der Waals surface area contributed by atoms with Crippen molar-refractivity contribution in [2.45, 2.75) is 12.5 Å². The molecule has 1 aromatic carbocycles. The first kappa shape index (κ1) is 13.1. The normalized spacial score (nSPS) is 12.4. The molecular formula is C11H10F2N4O2. The molecule has 0 saturated heterocycles. The summed E-state index contributed by atoms with van der Waals surface area (Å²) in [5.41, 5.74) is 5.20. The van der Waals surface area contributed by atoms with Crippen LogP contribution in [0.1, 0.15) is 5.69 Å². The van der Waals surface area contributed by atoms with Crippen molar-refractivity contribution in [2.75, 3.05) is 0 Å². The van der Waals surface area contributed by atoms with Crippen LogP contribution in [0.15, 0.2) is 24.4 Å². The maximum absolute atomic E-state index is 13.5. The highest BCUT2D eigenvalue weighted by Gasteiger charge is 2.17. The SMILES string of the molecule is NC(Cc1cn(-c2c(F)cccc2F)nn1)C(=O)O. The molecule has 19 heavy (non-hydrogen) atoms. The highest BCUT2D eigenvalue weighted by Crippen LogP contribution is 2.16. The van der Waals surface area contributed by atoms with Crippen LogP contribution in [0.4, 0.5) is 8.78 Å². The molecule has 3 N–H and O–H groups in total. The number of rotatable bonds is 4. The second-order valence-electron chi connectivity index (χ2n) is 3.87. The lowest BCUT2D eigenvalue weighted by molar-refractivity contribution is -0.138. The van der Waals surface area contributed by atoms with E-state index in [-0.39, 0.29) is 17.8 Å². The van der Waals surface area contributed by atoms with Crippen LogP contribution < -0.4 is 5.73 Å². The van der Waals surface area contributed by atoms with Crippen LogP contribution in [0.5, 0.6) is 0 Å². The van der Waals surface area contributed by atoms with Gasteiger partial charge in [-0.1, -0.05) is 11.3 Å². The van der Waals surface area contributed by atoms with E-state index in [1.807, 2.05) is 0 Å². The summed E-state index contributed by atoms with van der Waals surface area (Å²) in [7, 11) is 0. The Kier molecular flexibility index (Phi) is 3.52. The Morgan fingerprint density at radius 2 is 2.05 bits per heavy atom. The van der Waals surface area contributed by atoms with Crippen LogP contribution in [-0.2, 0) is 11.2 Å². The molecule has 0 spiro atoms. The summed E-state index contributed by atoms with van der Waals surface area (Å²) in [5, 5.41) is 15.8. The average Bonchev–Trinajstić information content (AvgIpc) is 2.77. The molecule has 0 aliphatic rings. The minimum absolute atomic E-state index is 0.0780. The van der Waals surface area contributed by atoms with Gasteiger partial charge in [0.05, 0.1) is 11.9 Å². The third-order valence-electron chi connectivity index (χ3n) is 2.45. The standard InChI is InChI=1S/C11H10F2N4O2/c12-7-2-1-3-8(13)10(7)17-5-6(15-16-17)4-9(14)11(18)19/h1-3,5,9H,4,14H2,(H,18,19). The maximum atomic E-state index is 13.5. The molecule has 0 aliphatic carbocycles. The van der Waals surface area contributed by atoms with Gasteiger partial charge in [-0.05, 0) is 12.1 Å². The summed E-state index contributed by atoms with van der Waals surface area (Å²) in [5.74, 6) is -2.77. The van der Waals surface area contributed by atoms with Crippen LogP contribution in [0, 0.1) is 11.6 Å². The fraction of sp³-hybridized carbons (Fsp3) is 0.182. The molecule has 1 heterocycles. The number of carboxylic acids is 1. The summed E-state index contributed by atoms with van der Waals surface area (Å²) < 4.78 is 27.9. The highest BCUT2D eigenvalue weighted by atomic mass is 19.1. The van der Waals surface area contributed by atoms with Gasteiger partial charge in [0.15, 0.2) is 11.6 Å². The summed E-state index contributed by atoms with van der Waals surface area (Å²) in [6.45, 7) is 0. The Labute approximate surface area is 106 Å². The Hall–Kier alpha value is -2.35. The van der Waals surface area contributed by atoms with Gasteiger partial charge in [-0.25, -0.2) is 13.5 Å². The summed E-state index contributed by atoms with van der Waals surface area (Å²) in [4.78, 5) is 10.6. The van der Waals surface area contributed by atoms with E-state index >= 15 is 0 Å². The Balaban J connectivity index is 2.29. The fourth-order valence-corrected chi connectivity index (χ4v) is 1.52. The third kappa shape index (κ3) is 2.74. The van der Waals surface area contributed by atoms with Crippen LogP contribution in [0.2, 0.25) is 0 Å². The fourth-order valence-electron chi connectivity index (χ4n) is 1.52. The first-order valence-corrected chi connectivity index (χ1v) is 5.33. The lowest BCUT2D eigenvalue weighted by atomic mass is 10.2. The van der Waals surface area contributed by atoms with Gasteiger partial charge in [0.1, 0.15) is 11.7 Å². The number of para-hydroxylation sites is 1. The second kappa shape index (κ2) is 5.11. The zero-order valence-electron chi connectivity index (χ0n) is 9.62. The van der Waals surface area contributed by atoms with Crippen molar-refractivity contribution in [3.63, 3.8) is 0 Å². The number of aliphatic carboxylic acids is 1. The summed E-state index contributed by atoms with van der Waals surface area (Å²) in [6.07, 6.45) is 1.16. The monoisotopic (exact) mass is 268 g/mol. The number of hydrogen-bond donors (Lipinski definition) is 2. The number of nitrogens with zero attached hydrogens (tertiary/aromatic N) is 3. The van der Waals surface area contributed by atoms with E-state index in [1.54, 1.807) is 0 Å². The smallest absolute Gasteiger partial charge is 0.320 e. The van der Waals surface area contributed by atoms with Crippen LogP contribution in [0.25, 0.3) is 5.69 Å². The molecule has 0 amide bonds. The van der Waals surface area contributed by atoms with Gasteiger partial charge in [-0.3, -0.25) is 4.79 Å². The number of carboxylic acid groups (broad SMARTS) is 1. The molecule has 0 fully saturated rings. The van der Waals surface area contributed by atoms with E-state index in [9.17, 15) is 13.6 Å². The molecule has 1 aromatic heterocycles. The van der Waals surface area contributed by atoms with Crippen LogP contribution >= 0.6 is 0 Å². The summed E-state index contributed by atoms with van der Waals surface area (Å²) in [6, 6.07) is 2.26. The molecule has 0 aliphatic heterocycles. The van der Waals surface area contributed by atoms with E-state index < -0.39 is 23.6 Å². The topological polar surface area (TPSA) is 94.0 Å². The predicted octanol–water partition coefficient (Wildman–Crippen LogP) is 0.500. The first-order valence-electron chi connectivity index (χ1n) is 5.33. The van der Waals surface area contributed by atoms with Gasteiger partial charge in [0.2, 0.25) is 0 Å². The number of halogens is 2. The number of nitrogens with two attached hydrogens (primary N) is 1. The number of carbonyl (C=O) groups is 1. The van der Waals surface area contributed by atoms with Crippen molar-refractivity contribution >= 4 is 5.97 Å². The van der Waals surface area contributed by atoms with Gasteiger partial charge in [0.25, 0.3) is 0 Å². The van der Waals surface area contributed by atoms with Gasteiger partial charge < -0.3 is 10.8 Å². The van der Waals surface area contributed by atoms with Crippen molar-refractivity contribution in [1.29, 1.82) is 0 Å². The molecule has 8 heteroatoms. The Morgan fingerprint density at radius 3 is 2.63 bits per heavy atom. The molecule has 100 valence electrons. The van der Waals surface area contributed by atoms with E-state index in [1.165, 1.54) is 12.3 Å². The molecule has 1 unspecified atom stereocenters. The minimum atomic E-state index is -1.19. The molecule has 2 rings (SSSR count). The third-order valence-corrected chi connectivity index (χ3v) is 2.45. The molecule has 1 atom stereocenters. The van der Waals surface area contributed by atoms with Crippen LogP contribution in [-0.4, -0.2) is 32.1 Å². The van der Waals surface area contributed by atoms with Crippen molar-refractivity contribution in [2.24, 2.45) is 5.73 Å². The lowest BCUT2D eigenvalue weighted by Crippen LogP contribution is -2.32. The zero-order chi connectivity index (χ0) is 14.0. The van der Waals surface area contributed by atoms with E-state index in [2.05, 4.69) is 10.3 Å². The Morgan fingerprint density at radius 1 is 1.42 bits per heavy atom. The first-order chi connectivity index (χ1) is 8.99. The molecule has 2 aromatic rings. The number of hydrogen-bond acceptors (Lipinski definition) is 4. The van der Waals surface area contributed by atoms with Crippen molar-refractivity contribution < 1.29 is 18.7 Å². The largest absolute Gasteiger partial charge is 0.480 e. The van der Waals surface area contributed by atoms with E-state index in [0.717, 1.165) is 16.8 Å². The van der Waals surface area contributed by atoms with Gasteiger partial charge >= 0.3 is 5.97 Å². The molecule has 0 radical (unpaired) electrons. The van der Waals surface area contributed by atoms with E-state index in [0.29, 0.717) is 0 Å². The highest BCUT2D eigenvalue weighted by molar-refractivity contribution is 5.73. The van der Waals surface area contributed by atoms with Gasteiger partial charge in [-0.2, -0.15) is 0 Å². The Bertz CT molecular complexity index is 594. The number of aromatic nitrogens is 3. The minimum Gasteiger partial charge on any atom is -0.480 e. The van der Waals surface area contributed by atoms with Crippen molar-refractivity contribution in [3.8, 4) is 5.69 Å². The van der Waals surface area contributed by atoms with Crippen LogP contribution in [0.3, 0.4) is 0 Å². The molecular weight excluding hydrogens is 258 g/mol. The predicted molar refractivity (Wildman–Crippen MR) is 60.6 cm³/mol. The van der Waals surface area contributed by atoms with Crippen molar-refractivity contribution in [1.82, 2.24) is 15.0 Å². The average molecular weight is 268 g/mol. The quantitative estimate of drug-likeness (QED) is 0.842. The van der Waals surface area contributed by atoms with E-state index in [4.69, 9.17) is 10.8 Å². The molecule has 0 saturated carbocycles. The van der Waals surface area contributed by atoms with Gasteiger partial charge in [0, 0.05) is 6.42 Å². The number of benzene rings is 1. The summed E-state index contributed by atoms with van der Waals surface area (Å²) >= 11 is 0. The second-order valence-corrected chi connectivity index (χ2v) is 3.87. The lowest BCUT2D eigenvalue weighted by Gasteiger charge is -2.03. The molecule has 0 bridgehead atoms. The van der Waals surface area contributed by atoms with Gasteiger partial charge in [-0.15, -0.1) is 5.10 Å². The zero-order valence-corrected chi connectivity index (χ0v) is 9.62. The maximum Gasteiger partial charge on any atom is 0.320 e.